The van der Waals surface area contributed by atoms with E-state index in [0.717, 1.165) is 40.4 Å². The lowest BCUT2D eigenvalue weighted by atomic mass is 9.96. The summed E-state index contributed by atoms with van der Waals surface area (Å²) in [5, 5.41) is 7.13. The summed E-state index contributed by atoms with van der Waals surface area (Å²) in [6, 6.07) is 19.8. The van der Waals surface area contributed by atoms with E-state index in [-0.39, 0.29) is 18.0 Å². The van der Waals surface area contributed by atoms with E-state index in [0.29, 0.717) is 18.1 Å². The normalized spacial score (nSPS) is 16.9. The van der Waals surface area contributed by atoms with Crippen molar-refractivity contribution in [2.45, 2.75) is 45.8 Å². The molecule has 4 aromatic rings. The van der Waals surface area contributed by atoms with Crippen molar-refractivity contribution in [1.29, 1.82) is 0 Å². The average Bonchev–Trinajstić information content (AvgIpc) is 3.40. The summed E-state index contributed by atoms with van der Waals surface area (Å²) in [5.41, 5.74) is 7.52. The molecule has 38 heavy (non-hydrogen) atoms. The van der Waals surface area contributed by atoms with E-state index in [1.807, 2.05) is 61.7 Å². The third-order valence-electron chi connectivity index (χ3n) is 7.11. The first-order valence-corrected chi connectivity index (χ1v) is 13.2. The number of hydrogen-bond donors (Lipinski definition) is 2. The maximum Gasteiger partial charge on any atom is 0.226 e. The van der Waals surface area contributed by atoms with Crippen LogP contribution in [0.5, 0.6) is 0 Å². The van der Waals surface area contributed by atoms with Gasteiger partial charge in [0.2, 0.25) is 5.91 Å². The Kier molecular flexibility index (Phi) is 7.51. The standard InChI is InChI=1S/C30H32N6OS/c1-20-9-11-24(12-10-20)33-27(37)13-16-35-29(28(34-30(35)38)26-8-4-5-15-32-26)25-17-21(2)36(22(25)3)19-23-7-6-14-31-18-23/h4-12,14-15,17-18,28-29H,13,16,19H2,1-3H3,(H,33,37)(H,34,38)/t28-,29+/m0/s1. The van der Waals surface area contributed by atoms with Gasteiger partial charge < -0.3 is 20.1 Å². The van der Waals surface area contributed by atoms with Crippen LogP contribution < -0.4 is 10.6 Å². The van der Waals surface area contributed by atoms with Gasteiger partial charge in [-0.05, 0) is 80.5 Å². The van der Waals surface area contributed by atoms with Crippen LogP contribution in [0.3, 0.4) is 0 Å². The van der Waals surface area contributed by atoms with Crippen LogP contribution in [-0.2, 0) is 11.3 Å². The van der Waals surface area contributed by atoms with Crippen LogP contribution in [-0.4, -0.2) is 37.0 Å². The number of hydrogen-bond acceptors (Lipinski definition) is 4. The van der Waals surface area contributed by atoms with Crippen LogP contribution in [0.4, 0.5) is 5.69 Å². The highest BCUT2D eigenvalue weighted by Gasteiger charge is 2.41. The molecule has 0 radical (unpaired) electrons. The molecule has 0 spiro atoms. The summed E-state index contributed by atoms with van der Waals surface area (Å²) < 4.78 is 2.31. The van der Waals surface area contributed by atoms with Crippen LogP contribution in [0.1, 0.15) is 52.3 Å². The highest BCUT2D eigenvalue weighted by Crippen LogP contribution is 2.41. The number of aryl methyl sites for hydroxylation is 2. The van der Waals surface area contributed by atoms with Gasteiger partial charge in [0.15, 0.2) is 5.11 Å². The van der Waals surface area contributed by atoms with Crippen molar-refractivity contribution in [1.82, 2.24) is 24.8 Å². The van der Waals surface area contributed by atoms with Gasteiger partial charge in [-0.1, -0.05) is 29.8 Å². The lowest BCUT2D eigenvalue weighted by Gasteiger charge is -2.28. The van der Waals surface area contributed by atoms with E-state index in [9.17, 15) is 4.79 Å². The third kappa shape index (κ3) is 5.45. The smallest absolute Gasteiger partial charge is 0.226 e. The fraction of sp³-hybridized carbons (Fsp3) is 0.267. The molecule has 194 valence electrons. The van der Waals surface area contributed by atoms with Crippen molar-refractivity contribution in [3.8, 4) is 0 Å². The number of rotatable bonds is 8. The second-order valence-electron chi connectivity index (χ2n) is 9.76. The van der Waals surface area contributed by atoms with Crippen LogP contribution >= 0.6 is 12.2 Å². The molecule has 1 aromatic carbocycles. The minimum atomic E-state index is -0.129. The molecule has 3 aromatic heterocycles. The maximum absolute atomic E-state index is 12.9. The van der Waals surface area contributed by atoms with E-state index < -0.39 is 0 Å². The van der Waals surface area contributed by atoms with Crippen LogP contribution in [0.2, 0.25) is 0 Å². The van der Waals surface area contributed by atoms with Crippen molar-refractivity contribution in [2.75, 3.05) is 11.9 Å². The van der Waals surface area contributed by atoms with Gasteiger partial charge in [-0.15, -0.1) is 0 Å². The van der Waals surface area contributed by atoms with Gasteiger partial charge in [-0.2, -0.15) is 0 Å². The predicted molar refractivity (Wildman–Crippen MR) is 154 cm³/mol. The van der Waals surface area contributed by atoms with Gasteiger partial charge >= 0.3 is 0 Å². The van der Waals surface area contributed by atoms with Gasteiger partial charge in [0.1, 0.15) is 0 Å². The zero-order valence-electron chi connectivity index (χ0n) is 21.9. The molecule has 1 saturated heterocycles. The fourth-order valence-electron chi connectivity index (χ4n) is 5.11. The number of aromatic nitrogens is 3. The molecule has 0 aliphatic carbocycles. The molecular formula is C30H32N6OS. The molecule has 0 unspecified atom stereocenters. The number of anilines is 1. The zero-order valence-corrected chi connectivity index (χ0v) is 22.7. The summed E-state index contributed by atoms with van der Waals surface area (Å²) in [6.45, 7) is 7.53. The molecule has 1 fully saturated rings. The quantitative estimate of drug-likeness (QED) is 0.307. The summed E-state index contributed by atoms with van der Waals surface area (Å²) in [5.74, 6) is -0.0428. The zero-order chi connectivity index (χ0) is 26.6. The number of nitrogens with one attached hydrogen (secondary N) is 2. The molecule has 4 heterocycles. The Balaban J connectivity index is 1.42. The Bertz CT molecular complexity index is 1420. The molecule has 0 saturated carbocycles. The van der Waals surface area contributed by atoms with Gasteiger partial charge in [0.05, 0.1) is 17.8 Å². The average molecular weight is 525 g/mol. The van der Waals surface area contributed by atoms with E-state index in [2.05, 4.69) is 56.0 Å². The molecule has 5 rings (SSSR count). The number of nitrogens with zero attached hydrogens (tertiary/aromatic N) is 4. The van der Waals surface area contributed by atoms with Crippen molar-refractivity contribution in [3.63, 3.8) is 0 Å². The van der Waals surface area contributed by atoms with Gasteiger partial charge in [-0.3, -0.25) is 14.8 Å². The van der Waals surface area contributed by atoms with Crippen molar-refractivity contribution in [3.05, 3.63) is 113 Å². The molecule has 7 nitrogen and oxygen atoms in total. The first-order chi connectivity index (χ1) is 18.4. The minimum absolute atomic E-state index is 0.0428. The van der Waals surface area contributed by atoms with Crippen LogP contribution in [0.15, 0.2) is 79.3 Å². The molecule has 1 aliphatic rings. The molecular weight excluding hydrogens is 492 g/mol. The van der Waals surface area contributed by atoms with Crippen LogP contribution in [0, 0.1) is 20.8 Å². The van der Waals surface area contributed by atoms with Crippen molar-refractivity contribution in [2.24, 2.45) is 0 Å². The second kappa shape index (κ2) is 11.1. The lowest BCUT2D eigenvalue weighted by Crippen LogP contribution is -2.33. The number of carbonyl (C=O) groups excluding carboxylic acids is 1. The van der Waals surface area contributed by atoms with Crippen molar-refractivity contribution >= 4 is 28.9 Å². The van der Waals surface area contributed by atoms with E-state index in [1.165, 1.54) is 5.56 Å². The summed E-state index contributed by atoms with van der Waals surface area (Å²) in [4.78, 5) is 23.9. The highest BCUT2D eigenvalue weighted by atomic mass is 32.1. The largest absolute Gasteiger partial charge is 0.352 e. The first kappa shape index (κ1) is 25.6. The second-order valence-corrected chi connectivity index (χ2v) is 10.1. The topological polar surface area (TPSA) is 75.1 Å². The number of thiocarbonyl (C=S) groups is 1. The third-order valence-corrected chi connectivity index (χ3v) is 7.46. The van der Waals surface area contributed by atoms with Crippen molar-refractivity contribution < 1.29 is 4.79 Å². The summed E-state index contributed by atoms with van der Waals surface area (Å²) >= 11 is 5.82. The number of pyridine rings is 2. The Morgan fingerprint density at radius 3 is 2.58 bits per heavy atom. The van der Waals surface area contributed by atoms with E-state index >= 15 is 0 Å². The molecule has 2 atom stereocenters. The molecule has 0 bridgehead atoms. The molecule has 2 N–H and O–H groups in total. The van der Waals surface area contributed by atoms with Gasteiger partial charge in [-0.25, -0.2) is 0 Å². The maximum atomic E-state index is 12.9. The summed E-state index contributed by atoms with van der Waals surface area (Å²) in [7, 11) is 0. The van der Waals surface area contributed by atoms with Gasteiger partial charge in [0.25, 0.3) is 0 Å². The number of carbonyl (C=O) groups is 1. The lowest BCUT2D eigenvalue weighted by molar-refractivity contribution is -0.116. The van der Waals surface area contributed by atoms with Gasteiger partial charge in [0, 0.05) is 55.2 Å². The first-order valence-electron chi connectivity index (χ1n) is 12.8. The van der Waals surface area contributed by atoms with Crippen LogP contribution in [0.25, 0.3) is 0 Å². The predicted octanol–water partition coefficient (Wildman–Crippen LogP) is 5.25. The molecule has 1 amide bonds. The number of amides is 1. The SMILES string of the molecule is Cc1ccc(NC(=O)CCN2C(=S)N[C@@H](c3ccccn3)[C@H]2c2cc(C)n(Cc3cccnc3)c2C)cc1. The monoisotopic (exact) mass is 524 g/mol. The summed E-state index contributed by atoms with van der Waals surface area (Å²) in [6.07, 6.45) is 5.82. The minimum Gasteiger partial charge on any atom is -0.352 e. The Labute approximate surface area is 228 Å². The molecule has 1 aliphatic heterocycles. The van der Waals surface area contributed by atoms with E-state index in [1.54, 1.807) is 12.4 Å². The highest BCUT2D eigenvalue weighted by molar-refractivity contribution is 7.80. The number of benzene rings is 1. The Hall–Kier alpha value is -4.04. The van der Waals surface area contributed by atoms with E-state index in [4.69, 9.17) is 12.2 Å². The Morgan fingerprint density at radius 1 is 1.05 bits per heavy atom. The Morgan fingerprint density at radius 2 is 1.87 bits per heavy atom. The fourth-order valence-corrected chi connectivity index (χ4v) is 5.44. The molecule has 8 heteroatoms.